The van der Waals surface area contributed by atoms with Gasteiger partial charge in [0.05, 0.1) is 31.4 Å². The summed E-state index contributed by atoms with van der Waals surface area (Å²) in [6.45, 7) is 8.72. The quantitative estimate of drug-likeness (QED) is 0.761. The number of aromatic nitrogens is 3. The molecule has 0 spiro atoms. The summed E-state index contributed by atoms with van der Waals surface area (Å²) in [5, 5.41) is 9.29. The summed E-state index contributed by atoms with van der Waals surface area (Å²) in [7, 11) is 0. The van der Waals surface area contributed by atoms with Crippen molar-refractivity contribution in [1.82, 2.24) is 19.7 Å². The Morgan fingerprint density at radius 2 is 1.93 bits per heavy atom. The molecule has 27 heavy (non-hydrogen) atoms. The van der Waals surface area contributed by atoms with Gasteiger partial charge in [0, 0.05) is 11.6 Å². The lowest BCUT2D eigenvalue weighted by atomic mass is 10.2. The van der Waals surface area contributed by atoms with Crippen LogP contribution in [-0.4, -0.2) is 57.0 Å². The Morgan fingerprint density at radius 3 is 2.59 bits per heavy atom. The molecule has 0 radical (unpaired) electrons. The summed E-state index contributed by atoms with van der Waals surface area (Å²) in [4.78, 5) is 16.5. The van der Waals surface area contributed by atoms with E-state index in [4.69, 9.17) is 0 Å². The van der Waals surface area contributed by atoms with Crippen LogP contribution in [0.15, 0.2) is 35.5 Å². The summed E-state index contributed by atoms with van der Waals surface area (Å²) in [5.41, 5.74) is 1.37. The number of hydrogen-bond donors (Lipinski definition) is 1. The molecule has 1 aliphatic carbocycles. The third-order valence-corrected chi connectivity index (χ3v) is 6.50. The number of nitrogens with zero attached hydrogens (tertiary/aromatic N) is 4. The minimum absolute atomic E-state index is 0.123. The van der Waals surface area contributed by atoms with Crippen LogP contribution in [0.3, 0.4) is 0 Å². The lowest BCUT2D eigenvalue weighted by molar-refractivity contribution is -0.917. The highest BCUT2D eigenvalue weighted by Gasteiger charge is 2.32. The number of rotatable bonds is 6. The highest BCUT2D eigenvalue weighted by molar-refractivity contribution is 8.00. The zero-order chi connectivity index (χ0) is 18.8. The predicted octanol–water partition coefficient (Wildman–Crippen LogP) is 1.33. The maximum absolute atomic E-state index is 12.9. The minimum Gasteiger partial charge on any atom is -0.330 e. The number of carbonyl (C=O) groups is 1. The predicted molar refractivity (Wildman–Crippen MR) is 106 cm³/mol. The Morgan fingerprint density at radius 1 is 1.22 bits per heavy atom. The van der Waals surface area contributed by atoms with E-state index in [1.807, 2.05) is 18.7 Å². The van der Waals surface area contributed by atoms with Gasteiger partial charge in [-0.1, -0.05) is 42.1 Å². The Bertz CT molecular complexity index is 781. The molecule has 1 atom stereocenters. The Balaban J connectivity index is 1.30. The molecule has 2 fully saturated rings. The second-order valence-corrected chi connectivity index (χ2v) is 8.94. The van der Waals surface area contributed by atoms with Crippen molar-refractivity contribution in [1.29, 1.82) is 0 Å². The average molecular weight is 387 g/mol. The van der Waals surface area contributed by atoms with Crippen LogP contribution in [-0.2, 0) is 11.3 Å². The molecule has 0 unspecified atom stereocenters. The van der Waals surface area contributed by atoms with Crippen LogP contribution in [0.2, 0.25) is 0 Å². The molecule has 4 rings (SSSR count). The monoisotopic (exact) mass is 386 g/mol. The SMILES string of the molecule is Cc1nnc(S[C@H](C)C(=O)N2CC[NH+](Cc3ccccc3)CC2)n1C1CC1. The van der Waals surface area contributed by atoms with Crippen LogP contribution in [0.5, 0.6) is 0 Å². The van der Waals surface area contributed by atoms with Gasteiger partial charge >= 0.3 is 0 Å². The smallest absolute Gasteiger partial charge is 0.236 e. The van der Waals surface area contributed by atoms with Crippen LogP contribution in [0, 0.1) is 6.92 Å². The molecule has 6 nitrogen and oxygen atoms in total. The Hall–Kier alpha value is -1.86. The number of hydrogen-bond acceptors (Lipinski definition) is 4. The van der Waals surface area contributed by atoms with E-state index in [9.17, 15) is 4.79 Å². The molecule has 7 heteroatoms. The molecular formula is C20H28N5OS+. The van der Waals surface area contributed by atoms with Crippen molar-refractivity contribution in [2.75, 3.05) is 26.2 Å². The van der Waals surface area contributed by atoms with Crippen LogP contribution in [0.1, 0.15) is 37.2 Å². The Kier molecular flexibility index (Phi) is 5.50. The van der Waals surface area contributed by atoms with E-state index in [0.717, 1.165) is 43.7 Å². The van der Waals surface area contributed by atoms with E-state index < -0.39 is 0 Å². The molecule has 1 amide bonds. The van der Waals surface area contributed by atoms with Crippen molar-refractivity contribution in [2.45, 2.75) is 49.7 Å². The van der Waals surface area contributed by atoms with Gasteiger partial charge in [0.2, 0.25) is 5.91 Å². The van der Waals surface area contributed by atoms with Crippen LogP contribution < -0.4 is 4.90 Å². The maximum Gasteiger partial charge on any atom is 0.236 e. The van der Waals surface area contributed by atoms with E-state index in [0.29, 0.717) is 6.04 Å². The molecule has 1 saturated heterocycles. The molecule has 1 saturated carbocycles. The Labute approximate surface area is 164 Å². The normalized spacial score (nSPS) is 19.3. The molecule has 1 N–H and O–H groups in total. The van der Waals surface area contributed by atoms with E-state index in [1.165, 1.54) is 18.4 Å². The van der Waals surface area contributed by atoms with Gasteiger partial charge in [0.15, 0.2) is 5.16 Å². The van der Waals surface area contributed by atoms with Gasteiger partial charge < -0.3 is 14.4 Å². The van der Waals surface area contributed by atoms with Crippen LogP contribution in [0.25, 0.3) is 0 Å². The summed E-state index contributed by atoms with van der Waals surface area (Å²) >= 11 is 1.56. The minimum atomic E-state index is -0.123. The number of quaternary nitrogens is 1. The molecule has 2 aromatic rings. The summed E-state index contributed by atoms with van der Waals surface area (Å²) in [5.74, 6) is 1.18. The first-order valence-corrected chi connectivity index (χ1v) is 10.7. The molecule has 1 aliphatic heterocycles. The number of amides is 1. The van der Waals surface area contributed by atoms with Gasteiger partial charge in [-0.3, -0.25) is 4.79 Å². The number of thioether (sulfide) groups is 1. The molecule has 2 heterocycles. The van der Waals surface area contributed by atoms with Gasteiger partial charge in [-0.15, -0.1) is 10.2 Å². The molecule has 2 aliphatic rings. The average Bonchev–Trinajstić information content (AvgIpc) is 3.46. The molecule has 144 valence electrons. The van der Waals surface area contributed by atoms with Crippen molar-refractivity contribution in [3.05, 3.63) is 41.7 Å². The fourth-order valence-corrected chi connectivity index (χ4v) is 4.80. The van der Waals surface area contributed by atoms with Gasteiger partial charge in [-0.25, -0.2) is 0 Å². The third-order valence-electron chi connectivity index (χ3n) is 5.46. The van der Waals surface area contributed by atoms with E-state index in [2.05, 4.69) is 45.1 Å². The van der Waals surface area contributed by atoms with Crippen molar-refractivity contribution < 1.29 is 9.69 Å². The van der Waals surface area contributed by atoms with Crippen LogP contribution >= 0.6 is 11.8 Å². The summed E-state index contributed by atoms with van der Waals surface area (Å²) < 4.78 is 2.20. The number of benzene rings is 1. The zero-order valence-electron chi connectivity index (χ0n) is 16.1. The topological polar surface area (TPSA) is 55.5 Å². The van der Waals surface area contributed by atoms with Gasteiger partial charge in [0.25, 0.3) is 0 Å². The second-order valence-electron chi connectivity index (χ2n) is 7.63. The zero-order valence-corrected chi connectivity index (χ0v) is 16.9. The molecular weight excluding hydrogens is 358 g/mol. The highest BCUT2D eigenvalue weighted by atomic mass is 32.2. The number of nitrogens with one attached hydrogen (secondary N) is 1. The lowest BCUT2D eigenvalue weighted by Gasteiger charge is -2.33. The maximum atomic E-state index is 12.9. The first-order valence-electron chi connectivity index (χ1n) is 9.86. The van der Waals surface area contributed by atoms with E-state index >= 15 is 0 Å². The first-order chi connectivity index (χ1) is 13.1. The summed E-state index contributed by atoms with van der Waals surface area (Å²) in [6, 6.07) is 11.1. The molecule has 0 bridgehead atoms. The molecule has 1 aromatic carbocycles. The third kappa shape index (κ3) is 4.35. The van der Waals surface area contributed by atoms with Crippen LogP contribution in [0.4, 0.5) is 0 Å². The van der Waals surface area contributed by atoms with Gasteiger partial charge in [0.1, 0.15) is 12.4 Å². The summed E-state index contributed by atoms with van der Waals surface area (Å²) in [6.07, 6.45) is 2.39. The molecule has 1 aromatic heterocycles. The van der Waals surface area contributed by atoms with Crippen molar-refractivity contribution >= 4 is 17.7 Å². The van der Waals surface area contributed by atoms with E-state index in [-0.39, 0.29) is 11.2 Å². The number of piperazine rings is 1. The highest BCUT2D eigenvalue weighted by Crippen LogP contribution is 2.39. The number of carbonyl (C=O) groups excluding carboxylic acids is 1. The fourth-order valence-electron chi connectivity index (χ4n) is 3.75. The van der Waals surface area contributed by atoms with Gasteiger partial charge in [-0.2, -0.15) is 0 Å². The van der Waals surface area contributed by atoms with Crippen molar-refractivity contribution in [3.8, 4) is 0 Å². The van der Waals surface area contributed by atoms with Crippen molar-refractivity contribution in [2.24, 2.45) is 0 Å². The van der Waals surface area contributed by atoms with Gasteiger partial charge in [-0.05, 0) is 26.7 Å². The largest absolute Gasteiger partial charge is 0.330 e. The second kappa shape index (κ2) is 8.02. The van der Waals surface area contributed by atoms with Crippen molar-refractivity contribution in [3.63, 3.8) is 0 Å². The standard InChI is InChI=1S/C20H27N5OS/c1-15(27-20-22-21-16(2)25(20)18-8-9-18)19(26)24-12-10-23(11-13-24)14-17-6-4-3-5-7-17/h3-7,15,18H,8-14H2,1-2H3/p+1/t15-/m1/s1. The lowest BCUT2D eigenvalue weighted by Crippen LogP contribution is -3.13. The number of aryl methyl sites for hydroxylation is 1. The first kappa shape index (κ1) is 18.5. The fraction of sp³-hybridized carbons (Fsp3) is 0.550. The van der Waals surface area contributed by atoms with E-state index in [1.54, 1.807) is 16.7 Å².